The average molecular weight is 478 g/mol. The van der Waals surface area contributed by atoms with Crippen LogP contribution in [0.3, 0.4) is 0 Å². The van der Waals surface area contributed by atoms with Crippen LogP contribution in [0.4, 0.5) is 5.82 Å². The number of esters is 1. The molecule has 5 rings (SSSR count). The molecule has 0 saturated carbocycles. The van der Waals surface area contributed by atoms with E-state index in [9.17, 15) is 4.79 Å². The van der Waals surface area contributed by atoms with Gasteiger partial charge in [0.25, 0.3) is 0 Å². The third-order valence-electron chi connectivity index (χ3n) is 5.94. The number of carbonyl (C=O) groups excluding carboxylic acids is 1. The van der Waals surface area contributed by atoms with E-state index < -0.39 is 0 Å². The summed E-state index contributed by atoms with van der Waals surface area (Å²) in [4.78, 5) is 22.1. The van der Waals surface area contributed by atoms with Gasteiger partial charge >= 0.3 is 5.97 Å². The minimum Gasteiger partial charge on any atom is -0.469 e. The molecule has 8 heteroatoms. The lowest BCUT2D eigenvalue weighted by atomic mass is 10.1. The second-order valence-corrected chi connectivity index (χ2v) is 9.33. The fraction of sp³-hybridized carbons (Fsp3) is 0.346. The van der Waals surface area contributed by atoms with E-state index in [1.807, 2.05) is 18.2 Å². The lowest BCUT2D eigenvalue weighted by molar-refractivity contribution is -0.140. The Kier molecular flexibility index (Phi) is 6.76. The Morgan fingerprint density at radius 1 is 1.06 bits per heavy atom. The number of benzene rings is 2. The first-order valence-electron chi connectivity index (χ1n) is 11.6. The van der Waals surface area contributed by atoms with Crippen molar-refractivity contribution in [3.05, 3.63) is 53.9 Å². The number of hydrogen-bond acceptors (Lipinski definition) is 8. The van der Waals surface area contributed by atoms with E-state index in [2.05, 4.69) is 29.6 Å². The summed E-state index contributed by atoms with van der Waals surface area (Å²) in [7, 11) is 1.43. The quantitative estimate of drug-likeness (QED) is 0.227. The number of ether oxygens (including phenoxy) is 3. The molecule has 2 aromatic carbocycles. The summed E-state index contributed by atoms with van der Waals surface area (Å²) >= 11 is 1.70. The van der Waals surface area contributed by atoms with E-state index in [1.165, 1.54) is 17.2 Å². The summed E-state index contributed by atoms with van der Waals surface area (Å²) < 4.78 is 16.9. The summed E-state index contributed by atoms with van der Waals surface area (Å²) in [5.74, 6) is 3.13. The molecular weight excluding hydrogens is 450 g/mol. The molecule has 176 valence electrons. The van der Waals surface area contributed by atoms with Crippen LogP contribution in [0.2, 0.25) is 0 Å². The van der Waals surface area contributed by atoms with Gasteiger partial charge in [0.05, 0.1) is 12.5 Å². The van der Waals surface area contributed by atoms with Gasteiger partial charge in [-0.2, -0.15) is 0 Å². The smallest absolute Gasteiger partial charge is 0.305 e. The number of rotatable bonds is 10. The van der Waals surface area contributed by atoms with E-state index in [-0.39, 0.29) is 12.8 Å². The van der Waals surface area contributed by atoms with Crippen LogP contribution in [0.25, 0.3) is 20.3 Å². The topological polar surface area (TPSA) is 82.6 Å². The van der Waals surface area contributed by atoms with Crippen molar-refractivity contribution < 1.29 is 19.0 Å². The zero-order chi connectivity index (χ0) is 23.3. The predicted molar refractivity (Wildman–Crippen MR) is 134 cm³/mol. The summed E-state index contributed by atoms with van der Waals surface area (Å²) in [6.07, 6.45) is 5.15. The van der Waals surface area contributed by atoms with Crippen molar-refractivity contribution in [3.63, 3.8) is 0 Å². The van der Waals surface area contributed by atoms with Gasteiger partial charge in [-0.1, -0.05) is 37.1 Å². The Morgan fingerprint density at radius 2 is 1.91 bits per heavy atom. The lowest BCUT2D eigenvalue weighted by Gasteiger charge is -2.10. The molecule has 2 aromatic heterocycles. The van der Waals surface area contributed by atoms with E-state index in [0.29, 0.717) is 13.0 Å². The van der Waals surface area contributed by atoms with Gasteiger partial charge in [-0.15, -0.1) is 11.3 Å². The molecular formula is C26H27N3O4S. The molecule has 0 aliphatic carbocycles. The van der Waals surface area contributed by atoms with Gasteiger partial charge < -0.3 is 19.5 Å². The Balaban J connectivity index is 1.33. The van der Waals surface area contributed by atoms with Crippen LogP contribution in [0.15, 0.2) is 42.5 Å². The van der Waals surface area contributed by atoms with Crippen LogP contribution in [0.1, 0.15) is 43.5 Å². The fourth-order valence-electron chi connectivity index (χ4n) is 4.15. The number of carbonyl (C=O) groups is 1. The van der Waals surface area contributed by atoms with Crippen molar-refractivity contribution in [2.45, 2.75) is 45.1 Å². The molecule has 0 unspecified atom stereocenters. The highest BCUT2D eigenvalue weighted by molar-refractivity contribution is 7.25. The molecule has 0 spiro atoms. The van der Waals surface area contributed by atoms with Crippen LogP contribution < -0.4 is 14.8 Å². The maximum Gasteiger partial charge on any atom is 0.305 e. The Hall–Kier alpha value is -3.39. The van der Waals surface area contributed by atoms with Crippen LogP contribution in [0, 0.1) is 0 Å². The van der Waals surface area contributed by atoms with Gasteiger partial charge in [-0.3, -0.25) is 4.79 Å². The van der Waals surface area contributed by atoms with Gasteiger partial charge in [0.1, 0.15) is 16.5 Å². The van der Waals surface area contributed by atoms with Gasteiger partial charge in [0, 0.05) is 29.5 Å². The number of aromatic nitrogens is 2. The summed E-state index contributed by atoms with van der Waals surface area (Å²) in [6.45, 7) is 0.894. The van der Waals surface area contributed by atoms with Crippen molar-refractivity contribution in [2.75, 3.05) is 19.2 Å². The normalized spacial score (nSPS) is 12.4. The standard InChI is InChI=1S/C26H27N3O4S/c1-31-23(30)11-5-3-2-4-10-22-28-25(24-18-8-6-7-9-21(18)34-26(24)29-22)27-15-17-12-13-19-20(14-17)33-16-32-19/h6-9,12-14H,2-5,10-11,15-16H2,1H3,(H,27,28,29). The number of thiophene rings is 1. The highest BCUT2D eigenvalue weighted by Crippen LogP contribution is 2.37. The van der Waals surface area contributed by atoms with Crippen LogP contribution in [0.5, 0.6) is 11.5 Å². The molecule has 0 amide bonds. The first-order chi connectivity index (χ1) is 16.7. The highest BCUT2D eigenvalue weighted by atomic mass is 32.1. The van der Waals surface area contributed by atoms with E-state index in [0.717, 1.165) is 71.0 Å². The first-order valence-corrected chi connectivity index (χ1v) is 12.4. The number of aryl methyl sites for hydroxylation is 1. The molecule has 0 fully saturated rings. The Labute approximate surface area is 202 Å². The molecule has 4 aromatic rings. The van der Waals surface area contributed by atoms with Crippen molar-refractivity contribution in [3.8, 4) is 11.5 Å². The number of methoxy groups -OCH3 is 1. The Bertz CT molecular complexity index is 1320. The number of unbranched alkanes of at least 4 members (excludes halogenated alkanes) is 3. The highest BCUT2D eigenvalue weighted by Gasteiger charge is 2.16. The number of nitrogens with one attached hydrogen (secondary N) is 1. The molecule has 0 atom stereocenters. The van der Waals surface area contributed by atoms with Crippen LogP contribution in [-0.2, 0) is 22.5 Å². The number of anilines is 1. The van der Waals surface area contributed by atoms with E-state index >= 15 is 0 Å². The third-order valence-corrected chi connectivity index (χ3v) is 7.01. The molecule has 1 aliphatic heterocycles. The van der Waals surface area contributed by atoms with Crippen molar-refractivity contribution in [2.24, 2.45) is 0 Å². The first kappa shape index (κ1) is 22.4. The maximum atomic E-state index is 11.3. The molecule has 1 N–H and O–H groups in total. The minimum atomic E-state index is -0.142. The largest absolute Gasteiger partial charge is 0.469 e. The molecule has 34 heavy (non-hydrogen) atoms. The zero-order valence-corrected chi connectivity index (χ0v) is 20.0. The van der Waals surface area contributed by atoms with Gasteiger partial charge in [0.15, 0.2) is 11.5 Å². The summed E-state index contributed by atoms with van der Waals surface area (Å²) in [6, 6.07) is 14.4. The third kappa shape index (κ3) is 4.92. The van der Waals surface area contributed by atoms with Gasteiger partial charge in [-0.25, -0.2) is 9.97 Å². The van der Waals surface area contributed by atoms with Gasteiger partial charge in [0.2, 0.25) is 6.79 Å². The molecule has 7 nitrogen and oxygen atoms in total. The number of nitrogens with zero attached hydrogens (tertiary/aromatic N) is 2. The van der Waals surface area contributed by atoms with E-state index in [1.54, 1.807) is 11.3 Å². The van der Waals surface area contributed by atoms with E-state index in [4.69, 9.17) is 24.2 Å². The second kappa shape index (κ2) is 10.3. The van der Waals surface area contributed by atoms with Crippen molar-refractivity contribution in [1.29, 1.82) is 0 Å². The van der Waals surface area contributed by atoms with Crippen molar-refractivity contribution >= 4 is 43.4 Å². The zero-order valence-electron chi connectivity index (χ0n) is 19.1. The fourth-order valence-corrected chi connectivity index (χ4v) is 5.25. The van der Waals surface area contributed by atoms with Crippen LogP contribution in [-0.4, -0.2) is 29.8 Å². The molecule has 0 saturated heterocycles. The average Bonchev–Trinajstić information content (AvgIpc) is 3.48. The Morgan fingerprint density at radius 3 is 2.82 bits per heavy atom. The molecule has 0 radical (unpaired) electrons. The number of hydrogen-bond donors (Lipinski definition) is 1. The minimum absolute atomic E-state index is 0.142. The van der Waals surface area contributed by atoms with Gasteiger partial charge in [-0.05, 0) is 36.6 Å². The monoisotopic (exact) mass is 477 g/mol. The second-order valence-electron chi connectivity index (χ2n) is 8.30. The lowest BCUT2D eigenvalue weighted by Crippen LogP contribution is -2.05. The SMILES string of the molecule is COC(=O)CCCCCCc1nc(NCc2ccc3c(c2)OCO3)c2c(n1)sc1ccccc12. The van der Waals surface area contributed by atoms with Crippen molar-refractivity contribution in [1.82, 2.24) is 9.97 Å². The molecule has 0 bridgehead atoms. The summed E-state index contributed by atoms with van der Waals surface area (Å²) in [5.41, 5.74) is 1.10. The van der Waals surface area contributed by atoms with Crippen LogP contribution >= 0.6 is 11.3 Å². The molecule has 1 aliphatic rings. The molecule has 3 heterocycles. The summed E-state index contributed by atoms with van der Waals surface area (Å²) in [5, 5.41) is 5.79. The number of fused-ring (bicyclic) bond motifs is 4. The maximum absolute atomic E-state index is 11.3. The predicted octanol–water partition coefficient (Wildman–Crippen LogP) is 5.85.